The fourth-order valence-electron chi connectivity index (χ4n) is 1.36. The molecule has 1 aliphatic rings. The minimum absolute atomic E-state index is 0.0941. The Morgan fingerprint density at radius 2 is 2.25 bits per heavy atom. The Kier molecular flexibility index (Phi) is 1.57. The molecule has 1 aromatic heterocycles. The van der Waals surface area contributed by atoms with Gasteiger partial charge in [-0.2, -0.15) is 0 Å². The second-order valence-electron chi connectivity index (χ2n) is 2.95. The lowest BCUT2D eigenvalue weighted by molar-refractivity contribution is -0.0116. The van der Waals surface area contributed by atoms with Gasteiger partial charge in [-0.25, -0.2) is 13.8 Å². The summed E-state index contributed by atoms with van der Waals surface area (Å²) in [6, 6.07) is 0. The number of aromatic nitrogens is 1. The van der Waals surface area contributed by atoms with Crippen LogP contribution in [0.15, 0.2) is 0 Å². The first kappa shape index (κ1) is 7.91. The SMILES string of the molecule is Nc1nc2c(s1)CC(F)(F)CC2. The zero-order valence-corrected chi connectivity index (χ0v) is 7.13. The number of hydrogen-bond acceptors (Lipinski definition) is 3. The summed E-state index contributed by atoms with van der Waals surface area (Å²) in [5.74, 6) is -2.55. The molecular formula is C7H8F2N2S. The second kappa shape index (κ2) is 2.39. The van der Waals surface area contributed by atoms with Gasteiger partial charge < -0.3 is 5.73 Å². The van der Waals surface area contributed by atoms with Crippen molar-refractivity contribution in [3.05, 3.63) is 10.6 Å². The van der Waals surface area contributed by atoms with Gasteiger partial charge >= 0.3 is 0 Å². The molecular weight excluding hydrogens is 182 g/mol. The molecule has 0 spiro atoms. The molecule has 0 saturated carbocycles. The first-order valence-corrected chi connectivity index (χ1v) is 4.50. The number of rotatable bonds is 0. The topological polar surface area (TPSA) is 38.9 Å². The summed E-state index contributed by atoms with van der Waals surface area (Å²) in [4.78, 5) is 4.64. The molecule has 0 radical (unpaired) electrons. The molecule has 0 unspecified atom stereocenters. The Morgan fingerprint density at radius 1 is 1.50 bits per heavy atom. The van der Waals surface area contributed by atoms with Gasteiger partial charge in [-0.15, -0.1) is 11.3 Å². The first-order chi connectivity index (χ1) is 5.57. The van der Waals surface area contributed by atoms with Crippen molar-refractivity contribution in [1.82, 2.24) is 4.98 Å². The van der Waals surface area contributed by atoms with Crippen molar-refractivity contribution in [3.63, 3.8) is 0 Å². The number of alkyl halides is 2. The number of anilines is 1. The molecule has 0 saturated heterocycles. The van der Waals surface area contributed by atoms with Crippen LogP contribution in [0.3, 0.4) is 0 Å². The van der Waals surface area contributed by atoms with E-state index in [0.29, 0.717) is 16.4 Å². The normalized spacial score (nSPS) is 20.5. The van der Waals surface area contributed by atoms with Gasteiger partial charge in [0.15, 0.2) is 5.13 Å². The summed E-state index contributed by atoms with van der Waals surface area (Å²) in [6.45, 7) is 0. The van der Waals surface area contributed by atoms with Crippen molar-refractivity contribution in [2.45, 2.75) is 25.2 Å². The van der Waals surface area contributed by atoms with Gasteiger partial charge in [0.2, 0.25) is 0 Å². The van der Waals surface area contributed by atoms with Crippen LogP contribution in [0.4, 0.5) is 13.9 Å². The van der Waals surface area contributed by atoms with Gasteiger partial charge in [0.1, 0.15) is 0 Å². The van der Waals surface area contributed by atoms with E-state index in [2.05, 4.69) is 4.98 Å². The van der Waals surface area contributed by atoms with Crippen molar-refractivity contribution >= 4 is 16.5 Å². The van der Waals surface area contributed by atoms with Gasteiger partial charge in [0.25, 0.3) is 5.92 Å². The largest absolute Gasteiger partial charge is 0.375 e. The highest BCUT2D eigenvalue weighted by Crippen LogP contribution is 2.36. The second-order valence-corrected chi connectivity index (χ2v) is 4.07. The third-order valence-corrected chi connectivity index (χ3v) is 2.87. The molecule has 0 aromatic carbocycles. The molecule has 0 aliphatic heterocycles. The smallest absolute Gasteiger partial charge is 0.253 e. The zero-order valence-electron chi connectivity index (χ0n) is 6.31. The van der Waals surface area contributed by atoms with E-state index in [-0.39, 0.29) is 12.8 Å². The third-order valence-electron chi connectivity index (χ3n) is 1.94. The fraction of sp³-hybridized carbons (Fsp3) is 0.571. The summed E-state index contributed by atoms with van der Waals surface area (Å²) >= 11 is 1.18. The van der Waals surface area contributed by atoms with Crippen molar-refractivity contribution in [2.24, 2.45) is 0 Å². The van der Waals surface area contributed by atoms with E-state index in [1.54, 1.807) is 0 Å². The molecule has 2 nitrogen and oxygen atoms in total. The summed E-state index contributed by atoms with van der Waals surface area (Å²) in [7, 11) is 0. The summed E-state index contributed by atoms with van der Waals surface area (Å²) in [6.07, 6.45) is 0.0798. The average Bonchev–Trinajstić information content (AvgIpc) is 2.26. The molecule has 66 valence electrons. The van der Waals surface area contributed by atoms with Gasteiger partial charge in [-0.05, 0) is 6.42 Å². The molecule has 0 fully saturated rings. The number of thiazole rings is 1. The number of fused-ring (bicyclic) bond motifs is 1. The summed E-state index contributed by atoms with van der Waals surface area (Å²) in [5.41, 5.74) is 6.18. The van der Waals surface area contributed by atoms with Crippen LogP contribution >= 0.6 is 11.3 Å². The highest BCUT2D eigenvalue weighted by Gasteiger charge is 2.35. The van der Waals surface area contributed by atoms with E-state index in [1.165, 1.54) is 11.3 Å². The number of hydrogen-bond donors (Lipinski definition) is 1. The van der Waals surface area contributed by atoms with E-state index in [0.717, 1.165) is 5.69 Å². The minimum atomic E-state index is -2.55. The molecule has 1 aromatic rings. The predicted octanol–water partition coefficient (Wildman–Crippen LogP) is 1.85. The van der Waals surface area contributed by atoms with Gasteiger partial charge in [-0.3, -0.25) is 0 Å². The molecule has 0 amide bonds. The van der Waals surface area contributed by atoms with Crippen molar-refractivity contribution in [1.29, 1.82) is 0 Å². The zero-order chi connectivity index (χ0) is 8.77. The molecule has 1 heterocycles. The van der Waals surface area contributed by atoms with Crippen LogP contribution < -0.4 is 5.73 Å². The number of halogens is 2. The van der Waals surface area contributed by atoms with Crippen LogP contribution in [0.5, 0.6) is 0 Å². The monoisotopic (exact) mass is 190 g/mol. The minimum Gasteiger partial charge on any atom is -0.375 e. The first-order valence-electron chi connectivity index (χ1n) is 3.69. The maximum atomic E-state index is 12.8. The van der Waals surface area contributed by atoms with Crippen LogP contribution in [0.25, 0.3) is 0 Å². The Labute approximate surface area is 72.4 Å². The van der Waals surface area contributed by atoms with E-state index >= 15 is 0 Å². The molecule has 2 rings (SSSR count). The Bertz CT molecular complexity index is 308. The standard InChI is InChI=1S/C7H8F2N2S/c8-7(9)2-1-4-5(3-7)12-6(10)11-4/h1-3H2,(H2,10,11). The molecule has 1 aliphatic carbocycles. The lowest BCUT2D eigenvalue weighted by atomic mass is 9.99. The lowest BCUT2D eigenvalue weighted by Crippen LogP contribution is -2.24. The van der Waals surface area contributed by atoms with Crippen LogP contribution in [0.1, 0.15) is 17.0 Å². The van der Waals surface area contributed by atoms with Crippen LogP contribution in [-0.4, -0.2) is 10.9 Å². The van der Waals surface area contributed by atoms with E-state index in [1.807, 2.05) is 0 Å². The molecule has 2 N–H and O–H groups in total. The highest BCUT2D eigenvalue weighted by atomic mass is 32.1. The average molecular weight is 190 g/mol. The number of nitrogen functional groups attached to an aromatic ring is 1. The number of aryl methyl sites for hydroxylation is 1. The van der Waals surface area contributed by atoms with E-state index in [9.17, 15) is 8.78 Å². The van der Waals surface area contributed by atoms with Crippen molar-refractivity contribution in [3.8, 4) is 0 Å². The number of nitrogens with zero attached hydrogens (tertiary/aromatic N) is 1. The molecule has 5 heteroatoms. The van der Waals surface area contributed by atoms with Gasteiger partial charge in [0, 0.05) is 17.7 Å². The Balaban J connectivity index is 2.34. The molecule has 12 heavy (non-hydrogen) atoms. The Morgan fingerprint density at radius 3 is 3.00 bits per heavy atom. The fourth-order valence-corrected chi connectivity index (χ4v) is 2.32. The Hall–Kier alpha value is -0.710. The quantitative estimate of drug-likeness (QED) is 0.678. The van der Waals surface area contributed by atoms with Crippen LogP contribution in [0.2, 0.25) is 0 Å². The maximum absolute atomic E-state index is 12.8. The van der Waals surface area contributed by atoms with E-state index < -0.39 is 5.92 Å². The lowest BCUT2D eigenvalue weighted by Gasteiger charge is -2.19. The molecule has 0 atom stereocenters. The van der Waals surface area contributed by atoms with Gasteiger partial charge in [0.05, 0.1) is 5.69 Å². The highest BCUT2D eigenvalue weighted by molar-refractivity contribution is 7.15. The van der Waals surface area contributed by atoms with Gasteiger partial charge in [-0.1, -0.05) is 0 Å². The molecule has 0 bridgehead atoms. The maximum Gasteiger partial charge on any atom is 0.253 e. The number of nitrogens with two attached hydrogens (primary N) is 1. The van der Waals surface area contributed by atoms with Crippen molar-refractivity contribution < 1.29 is 8.78 Å². The summed E-state index contributed by atoms with van der Waals surface area (Å²) in [5, 5.41) is 0.401. The summed E-state index contributed by atoms with van der Waals surface area (Å²) < 4.78 is 25.7. The van der Waals surface area contributed by atoms with E-state index in [4.69, 9.17) is 5.73 Å². The van der Waals surface area contributed by atoms with Crippen LogP contribution in [0, 0.1) is 0 Å². The third kappa shape index (κ3) is 1.29. The van der Waals surface area contributed by atoms with Crippen molar-refractivity contribution in [2.75, 3.05) is 5.73 Å². The van der Waals surface area contributed by atoms with Crippen LogP contribution in [-0.2, 0) is 12.8 Å². The predicted molar refractivity (Wildman–Crippen MR) is 43.5 cm³/mol.